The number of rotatable bonds is 5. The zero-order valence-electron chi connectivity index (χ0n) is 11.1. The molecule has 0 aromatic heterocycles. The lowest BCUT2D eigenvalue weighted by Crippen LogP contribution is -2.33. The minimum Gasteiger partial charge on any atom is -0.481 e. The van der Waals surface area contributed by atoms with Gasteiger partial charge in [-0.05, 0) is 24.5 Å². The van der Waals surface area contributed by atoms with E-state index in [9.17, 15) is 4.79 Å². The molecule has 1 aliphatic rings. The first kappa shape index (κ1) is 12.9. The van der Waals surface area contributed by atoms with E-state index in [0.29, 0.717) is 5.92 Å². The Hall–Kier alpha value is -1.51. The highest BCUT2D eigenvalue weighted by Gasteiger charge is 2.32. The fraction of sp³-hybridized carbons (Fsp3) is 0.533. The Kier molecular flexibility index (Phi) is 4.24. The van der Waals surface area contributed by atoms with Gasteiger partial charge < -0.3 is 9.64 Å². The predicted molar refractivity (Wildman–Crippen MR) is 71.5 cm³/mol. The lowest BCUT2D eigenvalue weighted by atomic mass is 10.1. The van der Waals surface area contributed by atoms with Crippen molar-refractivity contribution in [2.45, 2.75) is 32.8 Å². The number of amides is 1. The van der Waals surface area contributed by atoms with E-state index in [2.05, 4.69) is 13.8 Å². The number of ether oxygens (including phenoxy) is 1. The maximum absolute atomic E-state index is 12.1. The van der Waals surface area contributed by atoms with E-state index in [4.69, 9.17) is 4.74 Å². The van der Waals surface area contributed by atoms with E-state index in [-0.39, 0.29) is 12.0 Å². The van der Waals surface area contributed by atoms with E-state index >= 15 is 0 Å². The van der Waals surface area contributed by atoms with Crippen LogP contribution in [0.25, 0.3) is 0 Å². The van der Waals surface area contributed by atoms with Crippen LogP contribution in [0.4, 0.5) is 0 Å². The third kappa shape index (κ3) is 3.25. The smallest absolute Gasteiger partial charge is 0.263 e. The summed E-state index contributed by atoms with van der Waals surface area (Å²) < 4.78 is 5.73. The Morgan fingerprint density at radius 1 is 1.33 bits per heavy atom. The first-order valence-electron chi connectivity index (χ1n) is 6.67. The Balaban J connectivity index is 1.87. The van der Waals surface area contributed by atoms with E-state index in [1.165, 1.54) is 0 Å². The molecule has 3 nitrogen and oxygen atoms in total. The monoisotopic (exact) mass is 247 g/mol. The van der Waals surface area contributed by atoms with Crippen LogP contribution in [0.5, 0.6) is 5.75 Å². The predicted octanol–water partition coefficient (Wildman–Crippen LogP) is 2.71. The second kappa shape index (κ2) is 5.89. The zero-order valence-corrected chi connectivity index (χ0v) is 11.1. The first-order chi connectivity index (χ1) is 8.66. The molecule has 1 fully saturated rings. The largest absolute Gasteiger partial charge is 0.481 e. The van der Waals surface area contributed by atoms with Crippen molar-refractivity contribution in [3.63, 3.8) is 0 Å². The highest BCUT2D eigenvalue weighted by atomic mass is 16.5. The molecule has 0 aliphatic carbocycles. The Bertz CT molecular complexity index is 389. The molecule has 1 aromatic rings. The molecule has 1 unspecified atom stereocenters. The molecular formula is C15H21NO2. The molecule has 0 saturated carbocycles. The van der Waals surface area contributed by atoms with Gasteiger partial charge in [-0.2, -0.15) is 0 Å². The van der Waals surface area contributed by atoms with Crippen LogP contribution in [0.3, 0.4) is 0 Å². The van der Waals surface area contributed by atoms with E-state index < -0.39 is 0 Å². The fourth-order valence-electron chi connectivity index (χ4n) is 2.12. The van der Waals surface area contributed by atoms with Crippen molar-refractivity contribution >= 4 is 5.91 Å². The van der Waals surface area contributed by atoms with Gasteiger partial charge in [0.25, 0.3) is 5.91 Å². The summed E-state index contributed by atoms with van der Waals surface area (Å²) in [6.07, 6.45) is 1.56. The molecule has 1 aliphatic heterocycles. The number of likely N-dealkylation sites (tertiary alicyclic amines) is 1. The maximum atomic E-state index is 12.1. The van der Waals surface area contributed by atoms with E-state index in [1.807, 2.05) is 35.2 Å². The van der Waals surface area contributed by atoms with Gasteiger partial charge in [0.15, 0.2) is 6.10 Å². The SMILES string of the molecule is CC(C)CCN1CCC(Oc2ccccc2)C1=O. The Morgan fingerprint density at radius 2 is 2.06 bits per heavy atom. The van der Waals surface area contributed by atoms with Crippen molar-refractivity contribution in [2.24, 2.45) is 5.92 Å². The minimum absolute atomic E-state index is 0.138. The number of benzene rings is 1. The Labute approximate surface area is 109 Å². The molecular weight excluding hydrogens is 226 g/mol. The maximum Gasteiger partial charge on any atom is 0.263 e. The molecule has 1 aromatic carbocycles. The lowest BCUT2D eigenvalue weighted by Gasteiger charge is -2.18. The zero-order chi connectivity index (χ0) is 13.0. The summed E-state index contributed by atoms with van der Waals surface area (Å²) in [5.74, 6) is 1.55. The second-order valence-electron chi connectivity index (χ2n) is 5.22. The van der Waals surface area contributed by atoms with Gasteiger partial charge >= 0.3 is 0 Å². The van der Waals surface area contributed by atoms with Gasteiger partial charge in [0.2, 0.25) is 0 Å². The standard InChI is InChI=1S/C15H21NO2/c1-12(2)8-10-16-11-9-14(15(16)17)18-13-6-4-3-5-7-13/h3-7,12,14H,8-11H2,1-2H3. The Morgan fingerprint density at radius 3 is 2.72 bits per heavy atom. The first-order valence-corrected chi connectivity index (χ1v) is 6.67. The molecule has 0 bridgehead atoms. The lowest BCUT2D eigenvalue weighted by molar-refractivity contribution is -0.133. The molecule has 1 heterocycles. The van der Waals surface area contributed by atoms with Crippen LogP contribution in [0.1, 0.15) is 26.7 Å². The molecule has 1 atom stereocenters. The quantitative estimate of drug-likeness (QED) is 0.800. The number of hydrogen-bond donors (Lipinski definition) is 0. The average molecular weight is 247 g/mol. The van der Waals surface area contributed by atoms with E-state index in [0.717, 1.165) is 31.7 Å². The van der Waals surface area contributed by atoms with Crippen molar-refractivity contribution in [3.05, 3.63) is 30.3 Å². The summed E-state index contributed by atoms with van der Waals surface area (Å²) in [6.45, 7) is 6.03. The van der Waals surface area contributed by atoms with Gasteiger partial charge in [0.1, 0.15) is 5.75 Å². The summed E-state index contributed by atoms with van der Waals surface area (Å²) in [7, 11) is 0. The molecule has 98 valence electrons. The molecule has 3 heteroatoms. The van der Waals surface area contributed by atoms with Crippen LogP contribution in [-0.2, 0) is 4.79 Å². The van der Waals surface area contributed by atoms with Crippen molar-refractivity contribution in [2.75, 3.05) is 13.1 Å². The topological polar surface area (TPSA) is 29.5 Å². The number of carbonyl (C=O) groups excluding carboxylic acids is 1. The molecule has 1 amide bonds. The average Bonchev–Trinajstić information content (AvgIpc) is 2.70. The molecule has 0 N–H and O–H groups in total. The molecule has 18 heavy (non-hydrogen) atoms. The fourth-order valence-corrected chi connectivity index (χ4v) is 2.12. The van der Waals surface area contributed by atoms with Gasteiger partial charge in [0, 0.05) is 19.5 Å². The van der Waals surface area contributed by atoms with Crippen molar-refractivity contribution in [1.29, 1.82) is 0 Å². The third-order valence-corrected chi connectivity index (χ3v) is 3.25. The van der Waals surface area contributed by atoms with Gasteiger partial charge in [-0.25, -0.2) is 0 Å². The molecule has 0 spiro atoms. The third-order valence-electron chi connectivity index (χ3n) is 3.25. The van der Waals surface area contributed by atoms with Crippen LogP contribution in [0, 0.1) is 5.92 Å². The molecule has 1 saturated heterocycles. The number of hydrogen-bond acceptors (Lipinski definition) is 2. The normalized spacial score (nSPS) is 19.6. The highest BCUT2D eigenvalue weighted by molar-refractivity contribution is 5.83. The number of carbonyl (C=O) groups is 1. The summed E-state index contributed by atoms with van der Waals surface area (Å²) in [4.78, 5) is 14.0. The van der Waals surface area contributed by atoms with Crippen LogP contribution >= 0.6 is 0 Å². The summed E-state index contributed by atoms with van der Waals surface area (Å²) in [6, 6.07) is 9.57. The second-order valence-corrected chi connectivity index (χ2v) is 5.22. The summed E-state index contributed by atoms with van der Waals surface area (Å²) in [5.41, 5.74) is 0. The minimum atomic E-state index is -0.292. The summed E-state index contributed by atoms with van der Waals surface area (Å²) >= 11 is 0. The van der Waals surface area contributed by atoms with Crippen LogP contribution < -0.4 is 4.74 Å². The van der Waals surface area contributed by atoms with Gasteiger partial charge in [-0.3, -0.25) is 4.79 Å². The van der Waals surface area contributed by atoms with Crippen molar-refractivity contribution in [3.8, 4) is 5.75 Å². The van der Waals surface area contributed by atoms with Gasteiger partial charge in [0.05, 0.1) is 0 Å². The highest BCUT2D eigenvalue weighted by Crippen LogP contribution is 2.19. The van der Waals surface area contributed by atoms with Crippen molar-refractivity contribution < 1.29 is 9.53 Å². The van der Waals surface area contributed by atoms with Crippen LogP contribution in [0.2, 0.25) is 0 Å². The summed E-state index contributed by atoms with van der Waals surface area (Å²) in [5, 5.41) is 0. The molecule has 0 radical (unpaired) electrons. The van der Waals surface area contributed by atoms with Gasteiger partial charge in [-0.15, -0.1) is 0 Å². The van der Waals surface area contributed by atoms with Gasteiger partial charge in [-0.1, -0.05) is 32.0 Å². The molecule has 2 rings (SSSR count). The van der Waals surface area contributed by atoms with Crippen LogP contribution in [-0.4, -0.2) is 30.0 Å². The van der Waals surface area contributed by atoms with E-state index in [1.54, 1.807) is 0 Å². The van der Waals surface area contributed by atoms with Crippen molar-refractivity contribution in [1.82, 2.24) is 4.90 Å². The number of nitrogens with zero attached hydrogens (tertiary/aromatic N) is 1. The van der Waals surface area contributed by atoms with Crippen LogP contribution in [0.15, 0.2) is 30.3 Å². The number of para-hydroxylation sites is 1.